The summed E-state index contributed by atoms with van der Waals surface area (Å²) in [5.74, 6) is 0.601. The van der Waals surface area contributed by atoms with E-state index in [4.69, 9.17) is 4.42 Å². The van der Waals surface area contributed by atoms with Crippen LogP contribution in [0.4, 0.5) is 0 Å². The second kappa shape index (κ2) is 4.23. The number of aromatic nitrogens is 2. The second-order valence-corrected chi connectivity index (χ2v) is 4.25. The molecule has 0 atom stereocenters. The molecule has 0 saturated heterocycles. The molecule has 1 aromatic heterocycles. The summed E-state index contributed by atoms with van der Waals surface area (Å²) in [5.41, 5.74) is 1.13. The highest BCUT2D eigenvalue weighted by molar-refractivity contribution is 9.10. The van der Waals surface area contributed by atoms with Gasteiger partial charge in [-0.2, -0.15) is 0 Å². The minimum absolute atomic E-state index is 0.416. The molecule has 2 aromatic rings. The summed E-state index contributed by atoms with van der Waals surface area (Å²) >= 11 is 6.57. The van der Waals surface area contributed by atoms with Crippen molar-refractivity contribution in [1.29, 1.82) is 0 Å². The van der Waals surface area contributed by atoms with E-state index in [1.54, 1.807) is 0 Å². The molecule has 0 saturated carbocycles. The molecule has 0 aliphatic heterocycles. The van der Waals surface area contributed by atoms with Crippen LogP contribution in [0.2, 0.25) is 0 Å². The highest BCUT2D eigenvalue weighted by Crippen LogP contribution is 2.19. The average Bonchev–Trinajstić information content (AvgIpc) is 2.56. The Labute approximate surface area is 97.8 Å². The van der Waals surface area contributed by atoms with Gasteiger partial charge in [-0.15, -0.1) is 10.2 Å². The van der Waals surface area contributed by atoms with Crippen LogP contribution >= 0.6 is 31.9 Å². The summed E-state index contributed by atoms with van der Waals surface area (Å²) in [4.78, 5) is 0.416. The fourth-order valence-electron chi connectivity index (χ4n) is 1.11. The van der Waals surface area contributed by atoms with Crippen molar-refractivity contribution in [3.8, 4) is 0 Å². The Morgan fingerprint density at radius 1 is 1.14 bits per heavy atom. The zero-order valence-corrected chi connectivity index (χ0v) is 10.2. The third-order valence-corrected chi connectivity index (χ3v) is 2.84. The first-order chi connectivity index (χ1) is 6.75. The zero-order chi connectivity index (χ0) is 9.97. The van der Waals surface area contributed by atoms with Crippen LogP contribution in [-0.4, -0.2) is 10.2 Å². The molecular weight excluding hydrogens is 312 g/mol. The third-order valence-electron chi connectivity index (χ3n) is 1.74. The summed E-state index contributed by atoms with van der Waals surface area (Å²) in [6.07, 6.45) is 0.639. The first kappa shape index (κ1) is 9.86. The molecule has 0 bridgehead atoms. The molecule has 1 aromatic carbocycles. The summed E-state index contributed by atoms with van der Waals surface area (Å²) in [5, 5.41) is 7.59. The fourth-order valence-corrected chi connectivity index (χ4v) is 1.80. The van der Waals surface area contributed by atoms with Crippen molar-refractivity contribution in [3.05, 3.63) is 45.0 Å². The topological polar surface area (TPSA) is 38.9 Å². The molecule has 5 heteroatoms. The van der Waals surface area contributed by atoms with Gasteiger partial charge in [0.2, 0.25) is 5.89 Å². The number of hydrogen-bond acceptors (Lipinski definition) is 3. The minimum Gasteiger partial charge on any atom is -0.415 e. The molecule has 2 rings (SSSR count). The van der Waals surface area contributed by atoms with Crippen molar-refractivity contribution in [2.45, 2.75) is 6.42 Å². The Balaban J connectivity index is 2.23. The van der Waals surface area contributed by atoms with E-state index in [0.717, 1.165) is 10.0 Å². The molecule has 3 nitrogen and oxygen atoms in total. The molecule has 72 valence electrons. The van der Waals surface area contributed by atoms with Gasteiger partial charge in [-0.3, -0.25) is 0 Å². The Hall–Kier alpha value is -0.680. The lowest BCUT2D eigenvalue weighted by atomic mass is 10.1. The lowest BCUT2D eigenvalue weighted by Crippen LogP contribution is -1.89. The van der Waals surface area contributed by atoms with Crippen molar-refractivity contribution < 1.29 is 4.42 Å². The van der Waals surface area contributed by atoms with Crippen LogP contribution in [0.5, 0.6) is 0 Å². The Morgan fingerprint density at radius 3 is 2.57 bits per heavy atom. The van der Waals surface area contributed by atoms with Gasteiger partial charge in [0.05, 0.1) is 6.42 Å². The summed E-state index contributed by atoms with van der Waals surface area (Å²) in [6, 6.07) is 7.95. The normalized spacial score (nSPS) is 10.4. The van der Waals surface area contributed by atoms with E-state index in [0.29, 0.717) is 17.1 Å². The van der Waals surface area contributed by atoms with E-state index in [9.17, 15) is 0 Å². The van der Waals surface area contributed by atoms with Crippen LogP contribution in [0.3, 0.4) is 0 Å². The van der Waals surface area contributed by atoms with Gasteiger partial charge in [0.25, 0.3) is 4.80 Å². The molecular formula is C9H6Br2N2O. The molecule has 1 heterocycles. The largest absolute Gasteiger partial charge is 0.415 e. The number of benzene rings is 1. The fraction of sp³-hybridized carbons (Fsp3) is 0.111. The summed E-state index contributed by atoms with van der Waals surface area (Å²) in [6.45, 7) is 0. The predicted molar refractivity (Wildman–Crippen MR) is 58.9 cm³/mol. The van der Waals surface area contributed by atoms with Gasteiger partial charge < -0.3 is 4.42 Å². The number of nitrogens with zero attached hydrogens (tertiary/aromatic N) is 2. The SMILES string of the molecule is Brc1nnc(Cc2ccccc2Br)o1. The van der Waals surface area contributed by atoms with Gasteiger partial charge >= 0.3 is 0 Å². The molecule has 0 spiro atoms. The third kappa shape index (κ3) is 2.22. The quantitative estimate of drug-likeness (QED) is 0.854. The first-order valence-corrected chi connectivity index (χ1v) is 5.55. The van der Waals surface area contributed by atoms with Crippen LogP contribution in [0, 0.1) is 0 Å². The number of rotatable bonds is 2. The predicted octanol–water partition coefficient (Wildman–Crippen LogP) is 3.19. The van der Waals surface area contributed by atoms with Crippen LogP contribution in [-0.2, 0) is 6.42 Å². The van der Waals surface area contributed by atoms with Crippen molar-refractivity contribution in [1.82, 2.24) is 10.2 Å². The van der Waals surface area contributed by atoms with Gasteiger partial charge in [0.15, 0.2) is 0 Å². The molecule has 0 radical (unpaired) electrons. The van der Waals surface area contributed by atoms with Crippen LogP contribution in [0.25, 0.3) is 0 Å². The molecule has 0 N–H and O–H groups in total. The molecule has 0 aliphatic carbocycles. The van der Waals surface area contributed by atoms with E-state index in [-0.39, 0.29) is 0 Å². The van der Waals surface area contributed by atoms with Gasteiger partial charge in [0.1, 0.15) is 0 Å². The van der Waals surface area contributed by atoms with Gasteiger partial charge in [-0.05, 0) is 11.6 Å². The molecule has 14 heavy (non-hydrogen) atoms. The van der Waals surface area contributed by atoms with Crippen molar-refractivity contribution >= 4 is 31.9 Å². The minimum atomic E-state index is 0.416. The standard InChI is InChI=1S/C9H6Br2N2O/c10-7-4-2-1-3-6(7)5-8-12-13-9(11)14-8/h1-4H,5H2. The van der Waals surface area contributed by atoms with Crippen molar-refractivity contribution in [2.75, 3.05) is 0 Å². The van der Waals surface area contributed by atoms with E-state index in [1.165, 1.54) is 0 Å². The summed E-state index contributed by atoms with van der Waals surface area (Å²) < 4.78 is 6.27. The maximum Gasteiger partial charge on any atom is 0.284 e. The van der Waals surface area contributed by atoms with Gasteiger partial charge in [-0.25, -0.2) is 0 Å². The molecule has 0 unspecified atom stereocenters. The highest BCUT2D eigenvalue weighted by atomic mass is 79.9. The smallest absolute Gasteiger partial charge is 0.284 e. The summed E-state index contributed by atoms with van der Waals surface area (Å²) in [7, 11) is 0. The Morgan fingerprint density at radius 2 is 1.93 bits per heavy atom. The monoisotopic (exact) mass is 316 g/mol. The van der Waals surface area contributed by atoms with E-state index in [2.05, 4.69) is 42.1 Å². The van der Waals surface area contributed by atoms with Crippen molar-refractivity contribution in [2.24, 2.45) is 0 Å². The molecule has 0 fully saturated rings. The van der Waals surface area contributed by atoms with Crippen LogP contribution in [0.1, 0.15) is 11.5 Å². The van der Waals surface area contributed by atoms with E-state index >= 15 is 0 Å². The maximum absolute atomic E-state index is 5.22. The van der Waals surface area contributed by atoms with E-state index in [1.807, 2.05) is 24.3 Å². The lowest BCUT2D eigenvalue weighted by Gasteiger charge is -1.99. The van der Waals surface area contributed by atoms with E-state index < -0.39 is 0 Å². The average molecular weight is 318 g/mol. The lowest BCUT2D eigenvalue weighted by molar-refractivity contribution is 0.482. The Bertz CT molecular complexity index is 442. The zero-order valence-electron chi connectivity index (χ0n) is 7.08. The van der Waals surface area contributed by atoms with Gasteiger partial charge in [0, 0.05) is 20.4 Å². The molecule has 0 aliphatic rings. The van der Waals surface area contributed by atoms with Crippen molar-refractivity contribution in [3.63, 3.8) is 0 Å². The Kier molecular flexibility index (Phi) is 2.98. The van der Waals surface area contributed by atoms with Gasteiger partial charge in [-0.1, -0.05) is 34.1 Å². The number of halogens is 2. The highest BCUT2D eigenvalue weighted by Gasteiger charge is 2.06. The van der Waals surface area contributed by atoms with Crippen LogP contribution < -0.4 is 0 Å². The second-order valence-electron chi connectivity index (χ2n) is 2.72. The maximum atomic E-state index is 5.22. The number of hydrogen-bond donors (Lipinski definition) is 0. The molecule has 0 amide bonds. The first-order valence-electron chi connectivity index (χ1n) is 3.97. The van der Waals surface area contributed by atoms with Crippen LogP contribution in [0.15, 0.2) is 38.0 Å².